The van der Waals surface area contributed by atoms with Crippen LogP contribution in [-0.4, -0.2) is 24.7 Å². The van der Waals surface area contributed by atoms with Crippen molar-refractivity contribution in [2.75, 3.05) is 11.9 Å². The zero-order valence-corrected chi connectivity index (χ0v) is 10.1. The molecular weight excluding hydrogens is 290 g/mol. The fraction of sp³-hybridized carbons (Fsp3) is 0.364. The van der Waals surface area contributed by atoms with Crippen molar-refractivity contribution in [3.05, 3.63) is 29.6 Å². The topological polar surface area (TPSA) is 41.1 Å². The van der Waals surface area contributed by atoms with Gasteiger partial charge in [0.25, 0.3) is 0 Å². The van der Waals surface area contributed by atoms with Gasteiger partial charge in [-0.3, -0.25) is 4.79 Å². The molecule has 1 aromatic rings. The number of benzene rings is 1. The summed E-state index contributed by atoms with van der Waals surface area (Å²) in [6.07, 6.45) is -4.60. The molecule has 0 fully saturated rings. The number of nitrogens with one attached hydrogen (secondary N) is 2. The van der Waals surface area contributed by atoms with Crippen LogP contribution < -0.4 is 10.6 Å². The van der Waals surface area contributed by atoms with E-state index in [2.05, 4.69) is 0 Å². The highest BCUT2D eigenvalue weighted by Gasteiger charge is 2.29. The van der Waals surface area contributed by atoms with Gasteiger partial charge in [-0.25, -0.2) is 13.2 Å². The molecule has 20 heavy (non-hydrogen) atoms. The lowest BCUT2D eigenvalue weighted by atomic mass is 10.2. The minimum absolute atomic E-state index is 0.381. The number of anilines is 1. The van der Waals surface area contributed by atoms with Crippen molar-refractivity contribution in [3.63, 3.8) is 0 Å². The van der Waals surface area contributed by atoms with Crippen LogP contribution in [0, 0.1) is 17.5 Å². The van der Waals surface area contributed by atoms with Crippen molar-refractivity contribution < 1.29 is 31.1 Å². The number of halogens is 6. The van der Waals surface area contributed by atoms with E-state index in [1.54, 1.807) is 5.32 Å². The van der Waals surface area contributed by atoms with Crippen molar-refractivity contribution in [2.24, 2.45) is 0 Å². The highest BCUT2D eigenvalue weighted by Crippen LogP contribution is 2.21. The lowest BCUT2D eigenvalue weighted by Gasteiger charge is -2.17. The molecule has 0 spiro atoms. The molecule has 0 aliphatic heterocycles. The van der Waals surface area contributed by atoms with Crippen LogP contribution in [0.4, 0.5) is 32.0 Å². The van der Waals surface area contributed by atoms with Gasteiger partial charge >= 0.3 is 6.18 Å². The lowest BCUT2D eigenvalue weighted by molar-refractivity contribution is -0.138. The molecule has 1 aromatic carbocycles. The summed E-state index contributed by atoms with van der Waals surface area (Å²) in [7, 11) is 0. The van der Waals surface area contributed by atoms with E-state index in [4.69, 9.17) is 0 Å². The fourth-order valence-electron chi connectivity index (χ4n) is 1.30. The van der Waals surface area contributed by atoms with E-state index in [9.17, 15) is 31.1 Å². The van der Waals surface area contributed by atoms with E-state index >= 15 is 0 Å². The molecule has 1 unspecified atom stereocenters. The summed E-state index contributed by atoms with van der Waals surface area (Å²) in [4.78, 5) is 11.3. The van der Waals surface area contributed by atoms with Crippen LogP contribution in [0.25, 0.3) is 0 Å². The third kappa shape index (κ3) is 4.63. The SMILES string of the molecule is CC(Nc1c(F)cc(F)cc1F)C(=O)NCC(F)(F)F. The minimum atomic E-state index is -4.60. The van der Waals surface area contributed by atoms with Gasteiger partial charge < -0.3 is 10.6 Å². The quantitative estimate of drug-likeness (QED) is 0.839. The van der Waals surface area contributed by atoms with E-state index in [0.717, 1.165) is 6.92 Å². The maximum Gasteiger partial charge on any atom is 0.405 e. The van der Waals surface area contributed by atoms with Gasteiger partial charge in [0.1, 0.15) is 24.1 Å². The smallest absolute Gasteiger partial charge is 0.369 e. The third-order valence-corrected chi connectivity index (χ3v) is 2.22. The zero-order valence-electron chi connectivity index (χ0n) is 10.1. The van der Waals surface area contributed by atoms with Gasteiger partial charge in [-0.05, 0) is 6.92 Å². The Hall–Kier alpha value is -1.93. The van der Waals surface area contributed by atoms with Crippen LogP contribution in [0.1, 0.15) is 6.92 Å². The summed E-state index contributed by atoms with van der Waals surface area (Å²) in [6.45, 7) is -0.458. The number of hydrogen-bond acceptors (Lipinski definition) is 2. The Bertz CT molecular complexity index is 479. The first kappa shape index (κ1) is 16.1. The van der Waals surface area contributed by atoms with Crippen molar-refractivity contribution in [3.8, 4) is 0 Å². The van der Waals surface area contributed by atoms with Crippen LogP contribution >= 0.6 is 0 Å². The summed E-state index contributed by atoms with van der Waals surface area (Å²) in [6, 6.07) is -0.580. The Morgan fingerprint density at radius 3 is 2.15 bits per heavy atom. The Labute approximate surface area is 110 Å². The number of carbonyl (C=O) groups is 1. The molecule has 0 aliphatic rings. The Balaban J connectivity index is 2.71. The molecule has 1 amide bonds. The summed E-state index contributed by atoms with van der Waals surface area (Å²) in [5, 5.41) is 3.59. The third-order valence-electron chi connectivity index (χ3n) is 2.22. The van der Waals surface area contributed by atoms with Crippen molar-refractivity contribution in [2.45, 2.75) is 19.1 Å². The predicted molar refractivity (Wildman–Crippen MR) is 58.5 cm³/mol. The average Bonchev–Trinajstić information content (AvgIpc) is 2.29. The van der Waals surface area contributed by atoms with E-state index in [-0.39, 0.29) is 0 Å². The Morgan fingerprint density at radius 1 is 1.20 bits per heavy atom. The second-order valence-electron chi connectivity index (χ2n) is 3.94. The van der Waals surface area contributed by atoms with Gasteiger partial charge in [-0.1, -0.05) is 0 Å². The number of rotatable bonds is 4. The fourth-order valence-corrected chi connectivity index (χ4v) is 1.30. The molecule has 0 saturated carbocycles. The second-order valence-corrected chi connectivity index (χ2v) is 3.94. The summed E-state index contributed by atoms with van der Waals surface area (Å²) >= 11 is 0. The molecule has 2 N–H and O–H groups in total. The van der Waals surface area contributed by atoms with Crippen LogP contribution in [-0.2, 0) is 4.79 Å². The van der Waals surface area contributed by atoms with Crippen LogP contribution in [0.2, 0.25) is 0 Å². The Kier molecular flexibility index (Phi) is 4.85. The van der Waals surface area contributed by atoms with Crippen LogP contribution in [0.15, 0.2) is 12.1 Å². The van der Waals surface area contributed by atoms with E-state index in [1.807, 2.05) is 5.32 Å². The van der Waals surface area contributed by atoms with Gasteiger partial charge in [-0.15, -0.1) is 0 Å². The molecule has 0 saturated heterocycles. The largest absolute Gasteiger partial charge is 0.405 e. The molecule has 0 aliphatic carbocycles. The number of carbonyl (C=O) groups excluding carboxylic acids is 1. The molecular formula is C11H10F6N2O. The normalized spacial score (nSPS) is 12.9. The highest BCUT2D eigenvalue weighted by molar-refractivity contribution is 5.84. The Morgan fingerprint density at radius 2 is 1.70 bits per heavy atom. The summed E-state index contributed by atoms with van der Waals surface area (Å²) in [5.41, 5.74) is -0.791. The van der Waals surface area contributed by atoms with Gasteiger partial charge in [0.05, 0.1) is 0 Å². The van der Waals surface area contributed by atoms with Crippen molar-refractivity contribution >= 4 is 11.6 Å². The van der Waals surface area contributed by atoms with Gasteiger partial charge in [0.15, 0.2) is 11.6 Å². The first-order valence-electron chi connectivity index (χ1n) is 5.35. The van der Waals surface area contributed by atoms with Crippen LogP contribution in [0.5, 0.6) is 0 Å². The standard InChI is InChI=1S/C11H10F6N2O/c1-5(10(20)18-4-11(15,16)17)19-9-7(13)2-6(12)3-8(9)14/h2-3,5,19H,4H2,1H3,(H,18,20). The first-order valence-corrected chi connectivity index (χ1v) is 5.35. The predicted octanol–water partition coefficient (Wildman–Crippen LogP) is 2.58. The van der Waals surface area contributed by atoms with Crippen molar-refractivity contribution in [1.29, 1.82) is 0 Å². The van der Waals surface area contributed by atoms with Crippen molar-refractivity contribution in [1.82, 2.24) is 5.32 Å². The monoisotopic (exact) mass is 300 g/mol. The molecule has 3 nitrogen and oxygen atoms in total. The molecule has 9 heteroatoms. The van der Waals surface area contributed by atoms with Gasteiger partial charge in [0.2, 0.25) is 5.91 Å². The molecule has 1 atom stereocenters. The van der Waals surface area contributed by atoms with E-state index in [1.165, 1.54) is 0 Å². The minimum Gasteiger partial charge on any atom is -0.369 e. The van der Waals surface area contributed by atoms with Crippen LogP contribution in [0.3, 0.4) is 0 Å². The van der Waals surface area contributed by atoms with E-state index in [0.29, 0.717) is 12.1 Å². The second kappa shape index (κ2) is 6.02. The van der Waals surface area contributed by atoms with Gasteiger partial charge in [0, 0.05) is 12.1 Å². The molecule has 112 valence electrons. The molecule has 0 heterocycles. The van der Waals surface area contributed by atoms with Gasteiger partial charge in [-0.2, -0.15) is 13.2 Å². The number of alkyl halides is 3. The maximum atomic E-state index is 13.3. The van der Waals surface area contributed by atoms with E-state index < -0.39 is 47.8 Å². The highest BCUT2D eigenvalue weighted by atomic mass is 19.4. The molecule has 0 radical (unpaired) electrons. The molecule has 1 rings (SSSR count). The maximum absolute atomic E-state index is 13.3. The number of hydrogen-bond donors (Lipinski definition) is 2. The number of amides is 1. The molecule has 0 bridgehead atoms. The summed E-state index contributed by atoms with van der Waals surface area (Å²) in [5.74, 6) is -4.85. The molecule has 0 aromatic heterocycles. The average molecular weight is 300 g/mol. The first-order chi connectivity index (χ1) is 9.10. The lowest BCUT2D eigenvalue weighted by Crippen LogP contribution is -2.42. The summed E-state index contributed by atoms with van der Waals surface area (Å²) < 4.78 is 74.8. The zero-order chi connectivity index (χ0) is 15.5.